The monoisotopic (exact) mass is 353 g/mol. The molecule has 0 saturated carbocycles. The molecule has 6 heteroatoms. The second kappa shape index (κ2) is 8.58. The van der Waals surface area contributed by atoms with E-state index in [1.54, 1.807) is 6.20 Å². The molecule has 1 aromatic heterocycles. The first kappa shape index (κ1) is 18.1. The van der Waals surface area contributed by atoms with Crippen molar-refractivity contribution in [2.24, 2.45) is 0 Å². The molecular weight excluding hydrogens is 330 g/mol. The first-order valence-electron chi connectivity index (χ1n) is 8.82. The Morgan fingerprint density at radius 1 is 1.23 bits per heavy atom. The van der Waals surface area contributed by atoms with Gasteiger partial charge in [-0.25, -0.2) is 0 Å². The maximum Gasteiger partial charge on any atom is 0.270 e. The number of nitrogens with zero attached hydrogens (tertiary/aromatic N) is 1. The summed E-state index contributed by atoms with van der Waals surface area (Å²) in [5, 5.41) is 5.70. The number of rotatable bonds is 6. The third kappa shape index (κ3) is 4.67. The Morgan fingerprint density at radius 2 is 2.12 bits per heavy atom. The van der Waals surface area contributed by atoms with E-state index in [0.717, 1.165) is 36.1 Å². The summed E-state index contributed by atoms with van der Waals surface area (Å²) in [5.41, 5.74) is 3.01. The Labute approximate surface area is 153 Å². The van der Waals surface area contributed by atoms with Crippen molar-refractivity contribution < 1.29 is 14.3 Å². The van der Waals surface area contributed by atoms with Crippen LogP contribution in [0.4, 0.5) is 0 Å². The third-order valence-corrected chi connectivity index (χ3v) is 4.32. The molecule has 3 rings (SSSR count). The number of ether oxygens (including phenoxy) is 1. The van der Waals surface area contributed by atoms with Crippen LogP contribution in [0.1, 0.15) is 35.8 Å². The van der Waals surface area contributed by atoms with Crippen molar-refractivity contribution in [3.05, 3.63) is 53.9 Å². The summed E-state index contributed by atoms with van der Waals surface area (Å²) in [6, 6.07) is 11.4. The third-order valence-electron chi connectivity index (χ3n) is 4.32. The Kier molecular flexibility index (Phi) is 5.96. The molecule has 1 fully saturated rings. The molecule has 0 bridgehead atoms. The van der Waals surface area contributed by atoms with E-state index in [0.29, 0.717) is 18.8 Å². The molecule has 2 amide bonds. The molecular formula is C20H23N3O3. The van der Waals surface area contributed by atoms with Crippen molar-refractivity contribution in [1.29, 1.82) is 0 Å². The number of hydrogen-bond donors (Lipinski definition) is 2. The van der Waals surface area contributed by atoms with Crippen LogP contribution in [-0.4, -0.2) is 36.1 Å². The predicted molar refractivity (Wildman–Crippen MR) is 98.5 cm³/mol. The lowest BCUT2D eigenvalue weighted by molar-refractivity contribution is -0.119. The van der Waals surface area contributed by atoms with E-state index in [4.69, 9.17) is 4.74 Å². The summed E-state index contributed by atoms with van der Waals surface area (Å²) in [4.78, 5) is 28.0. The van der Waals surface area contributed by atoms with Crippen molar-refractivity contribution in [1.82, 2.24) is 15.6 Å². The lowest BCUT2D eigenvalue weighted by Crippen LogP contribution is -2.32. The van der Waals surface area contributed by atoms with Crippen LogP contribution in [0.3, 0.4) is 0 Å². The molecule has 1 aromatic carbocycles. The van der Waals surface area contributed by atoms with Gasteiger partial charge in [0.05, 0.1) is 6.10 Å². The van der Waals surface area contributed by atoms with Crippen LogP contribution in [0, 0.1) is 0 Å². The summed E-state index contributed by atoms with van der Waals surface area (Å²) in [6.07, 6.45) is 3.72. The van der Waals surface area contributed by atoms with E-state index in [-0.39, 0.29) is 17.9 Å². The maximum atomic E-state index is 12.6. The zero-order valence-corrected chi connectivity index (χ0v) is 14.8. The predicted octanol–water partition coefficient (Wildman–Crippen LogP) is 2.29. The number of pyridine rings is 1. The fraction of sp³-hybridized carbons (Fsp3) is 0.350. The highest BCUT2D eigenvalue weighted by Crippen LogP contribution is 2.23. The molecule has 0 aliphatic carbocycles. The van der Waals surface area contributed by atoms with E-state index in [1.165, 1.54) is 6.92 Å². The minimum Gasteiger partial charge on any atom is -0.376 e. The molecule has 6 nitrogen and oxygen atoms in total. The van der Waals surface area contributed by atoms with Gasteiger partial charge in [0, 0.05) is 38.4 Å². The number of carbonyl (C=O) groups excluding carboxylic acids is 2. The number of carbonyl (C=O) groups is 2. The Balaban J connectivity index is 1.76. The molecule has 1 aliphatic heterocycles. The van der Waals surface area contributed by atoms with Gasteiger partial charge in [0.1, 0.15) is 5.69 Å². The van der Waals surface area contributed by atoms with Crippen LogP contribution >= 0.6 is 0 Å². The highest BCUT2D eigenvalue weighted by Gasteiger charge is 2.19. The molecule has 2 aromatic rings. The standard InChI is InChI=1S/C20H23N3O3/c1-14(24)22-12-15-5-2-6-16(11-15)18-8-3-9-21-19(18)20(25)23-13-17-7-4-10-26-17/h2-3,5-6,8-9,11,17H,4,7,10,12-13H2,1H3,(H,22,24)(H,23,25)/t17-/m0/s1. The minimum atomic E-state index is -0.205. The van der Waals surface area contributed by atoms with Crippen LogP contribution in [-0.2, 0) is 16.1 Å². The quantitative estimate of drug-likeness (QED) is 0.835. The van der Waals surface area contributed by atoms with Crippen molar-refractivity contribution in [2.75, 3.05) is 13.2 Å². The highest BCUT2D eigenvalue weighted by molar-refractivity contribution is 5.99. The van der Waals surface area contributed by atoms with E-state index >= 15 is 0 Å². The lowest BCUT2D eigenvalue weighted by Gasteiger charge is -2.13. The molecule has 26 heavy (non-hydrogen) atoms. The molecule has 136 valence electrons. The number of benzene rings is 1. The summed E-state index contributed by atoms with van der Waals surface area (Å²) < 4.78 is 5.55. The maximum absolute atomic E-state index is 12.6. The Hall–Kier alpha value is -2.73. The van der Waals surface area contributed by atoms with Gasteiger partial charge in [-0.2, -0.15) is 0 Å². The van der Waals surface area contributed by atoms with Crippen LogP contribution < -0.4 is 10.6 Å². The summed E-state index contributed by atoms with van der Waals surface area (Å²) in [6.45, 7) is 3.19. The van der Waals surface area contributed by atoms with Gasteiger partial charge < -0.3 is 15.4 Å². The van der Waals surface area contributed by atoms with Crippen LogP contribution in [0.25, 0.3) is 11.1 Å². The molecule has 0 radical (unpaired) electrons. The number of nitrogens with one attached hydrogen (secondary N) is 2. The summed E-state index contributed by atoms with van der Waals surface area (Å²) >= 11 is 0. The van der Waals surface area contributed by atoms with Crippen LogP contribution in [0.5, 0.6) is 0 Å². The van der Waals surface area contributed by atoms with Crippen molar-refractivity contribution in [3.8, 4) is 11.1 Å². The van der Waals surface area contributed by atoms with Gasteiger partial charge in [-0.1, -0.05) is 24.3 Å². The van der Waals surface area contributed by atoms with E-state index < -0.39 is 0 Å². The van der Waals surface area contributed by atoms with Gasteiger partial charge in [-0.3, -0.25) is 14.6 Å². The minimum absolute atomic E-state index is 0.0778. The topological polar surface area (TPSA) is 80.3 Å². The first-order chi connectivity index (χ1) is 12.6. The fourth-order valence-corrected chi connectivity index (χ4v) is 2.99. The van der Waals surface area contributed by atoms with E-state index in [1.807, 2.05) is 36.4 Å². The van der Waals surface area contributed by atoms with Gasteiger partial charge in [0.25, 0.3) is 5.91 Å². The Bertz CT molecular complexity index is 785. The zero-order valence-electron chi connectivity index (χ0n) is 14.8. The number of hydrogen-bond acceptors (Lipinski definition) is 4. The first-order valence-corrected chi connectivity index (χ1v) is 8.82. The average molecular weight is 353 g/mol. The fourth-order valence-electron chi connectivity index (χ4n) is 2.99. The molecule has 1 aliphatic rings. The molecule has 1 atom stereocenters. The van der Waals surface area contributed by atoms with Crippen molar-refractivity contribution in [2.45, 2.75) is 32.4 Å². The highest BCUT2D eigenvalue weighted by atomic mass is 16.5. The second-order valence-electron chi connectivity index (χ2n) is 6.35. The number of aromatic nitrogens is 1. The summed E-state index contributed by atoms with van der Waals surface area (Å²) in [5.74, 6) is -0.283. The zero-order chi connectivity index (χ0) is 18.4. The second-order valence-corrected chi connectivity index (χ2v) is 6.35. The molecule has 0 unspecified atom stereocenters. The Morgan fingerprint density at radius 3 is 2.88 bits per heavy atom. The summed E-state index contributed by atoms with van der Waals surface area (Å²) in [7, 11) is 0. The van der Waals surface area contributed by atoms with Crippen molar-refractivity contribution in [3.63, 3.8) is 0 Å². The molecule has 0 spiro atoms. The van der Waals surface area contributed by atoms with Crippen LogP contribution in [0.15, 0.2) is 42.6 Å². The van der Waals surface area contributed by atoms with E-state index in [9.17, 15) is 9.59 Å². The molecule has 2 heterocycles. The molecule has 1 saturated heterocycles. The SMILES string of the molecule is CC(=O)NCc1cccc(-c2cccnc2C(=O)NC[C@@H]2CCCO2)c1. The van der Waals surface area contributed by atoms with Gasteiger partial charge >= 0.3 is 0 Å². The van der Waals surface area contributed by atoms with Gasteiger partial charge in [0.2, 0.25) is 5.91 Å². The van der Waals surface area contributed by atoms with Gasteiger partial charge in [-0.15, -0.1) is 0 Å². The average Bonchev–Trinajstić information content (AvgIpc) is 3.18. The molecule has 2 N–H and O–H groups in total. The van der Waals surface area contributed by atoms with Crippen LogP contribution in [0.2, 0.25) is 0 Å². The largest absolute Gasteiger partial charge is 0.376 e. The van der Waals surface area contributed by atoms with Gasteiger partial charge in [-0.05, 0) is 36.1 Å². The lowest BCUT2D eigenvalue weighted by atomic mass is 10.0. The normalized spacial score (nSPS) is 16.3. The smallest absolute Gasteiger partial charge is 0.270 e. The van der Waals surface area contributed by atoms with E-state index in [2.05, 4.69) is 15.6 Å². The van der Waals surface area contributed by atoms with Gasteiger partial charge in [0.15, 0.2) is 0 Å². The number of amides is 2. The van der Waals surface area contributed by atoms with Crippen molar-refractivity contribution >= 4 is 11.8 Å².